The summed E-state index contributed by atoms with van der Waals surface area (Å²) >= 11 is 1.65. The number of carbonyl (C=O) groups excluding carboxylic acids is 1. The number of rotatable bonds is 8. The Morgan fingerprint density at radius 3 is 2.94 bits per heavy atom. The Balaban J connectivity index is 1.51. The van der Waals surface area contributed by atoms with Crippen LogP contribution < -0.4 is 9.46 Å². The summed E-state index contributed by atoms with van der Waals surface area (Å²) in [5.74, 6) is 1.50. The van der Waals surface area contributed by atoms with E-state index in [0.717, 1.165) is 61.2 Å². The quantitative estimate of drug-likeness (QED) is 0.406. The standard InChI is InChI=1S/C24H30N4O2S/c1-17(29)28-12-8-19(9-13-28)16-30-22-7-10-25-24-23(22)21(15-26-24)20-5-3-4-18(14-20)6-11-27-31-2/h3-5,7,10,14-15,19,27H,6,8-9,11-13,16H2,1-2H3,(H,25,26). The number of carbonyl (C=O) groups is 1. The molecule has 0 radical (unpaired) electrons. The highest BCUT2D eigenvalue weighted by Gasteiger charge is 2.22. The maximum atomic E-state index is 11.6. The first-order valence-corrected chi connectivity index (χ1v) is 12.1. The van der Waals surface area contributed by atoms with E-state index in [9.17, 15) is 4.79 Å². The lowest BCUT2D eigenvalue weighted by Crippen LogP contribution is -2.38. The molecule has 1 fully saturated rings. The molecule has 7 heteroatoms. The van der Waals surface area contributed by atoms with Gasteiger partial charge in [0.25, 0.3) is 0 Å². The maximum Gasteiger partial charge on any atom is 0.219 e. The number of hydrogen-bond donors (Lipinski definition) is 2. The van der Waals surface area contributed by atoms with Gasteiger partial charge in [0.1, 0.15) is 11.4 Å². The molecule has 0 saturated carbocycles. The van der Waals surface area contributed by atoms with Crippen molar-refractivity contribution >= 4 is 28.9 Å². The molecule has 3 aromatic rings. The van der Waals surface area contributed by atoms with Gasteiger partial charge in [-0.15, -0.1) is 0 Å². The molecule has 2 aromatic heterocycles. The van der Waals surface area contributed by atoms with Gasteiger partial charge < -0.3 is 14.6 Å². The van der Waals surface area contributed by atoms with E-state index in [1.807, 2.05) is 23.4 Å². The third-order valence-corrected chi connectivity index (χ3v) is 6.46. The third kappa shape index (κ3) is 5.22. The Morgan fingerprint density at radius 2 is 2.16 bits per heavy atom. The number of piperidine rings is 1. The van der Waals surface area contributed by atoms with Crippen LogP contribution in [0.15, 0.2) is 42.7 Å². The first-order chi connectivity index (χ1) is 15.2. The van der Waals surface area contributed by atoms with E-state index in [2.05, 4.69) is 39.0 Å². The third-order valence-electron chi connectivity index (χ3n) is 5.97. The molecule has 164 valence electrons. The molecule has 31 heavy (non-hydrogen) atoms. The van der Waals surface area contributed by atoms with Crippen molar-refractivity contribution in [3.8, 4) is 16.9 Å². The summed E-state index contributed by atoms with van der Waals surface area (Å²) in [6.07, 6.45) is 8.82. The summed E-state index contributed by atoms with van der Waals surface area (Å²) in [7, 11) is 0. The number of amides is 1. The van der Waals surface area contributed by atoms with Crippen molar-refractivity contribution in [1.82, 2.24) is 19.6 Å². The van der Waals surface area contributed by atoms with Gasteiger partial charge in [0.15, 0.2) is 0 Å². The van der Waals surface area contributed by atoms with E-state index in [0.29, 0.717) is 12.5 Å². The largest absolute Gasteiger partial charge is 0.492 e. The van der Waals surface area contributed by atoms with Gasteiger partial charge >= 0.3 is 0 Å². The van der Waals surface area contributed by atoms with Crippen LogP contribution in [0.5, 0.6) is 5.75 Å². The minimum atomic E-state index is 0.165. The second kappa shape index (κ2) is 10.2. The van der Waals surface area contributed by atoms with Crippen LogP contribution in [0, 0.1) is 5.92 Å². The van der Waals surface area contributed by atoms with Gasteiger partial charge in [-0.1, -0.05) is 36.2 Å². The zero-order chi connectivity index (χ0) is 21.6. The summed E-state index contributed by atoms with van der Waals surface area (Å²) in [5.41, 5.74) is 4.43. The van der Waals surface area contributed by atoms with Crippen LogP contribution in [-0.2, 0) is 11.2 Å². The molecule has 2 N–H and O–H groups in total. The van der Waals surface area contributed by atoms with Gasteiger partial charge in [-0.2, -0.15) is 0 Å². The number of aromatic amines is 1. The van der Waals surface area contributed by atoms with Gasteiger partial charge in [0.05, 0.1) is 12.0 Å². The summed E-state index contributed by atoms with van der Waals surface area (Å²) in [6.45, 7) is 4.89. The summed E-state index contributed by atoms with van der Waals surface area (Å²) in [6, 6.07) is 10.6. The van der Waals surface area contributed by atoms with Gasteiger partial charge in [-0.3, -0.25) is 9.52 Å². The number of benzene rings is 1. The number of aromatic nitrogens is 2. The minimum Gasteiger partial charge on any atom is -0.492 e. The second-order valence-corrected chi connectivity index (χ2v) is 8.74. The Bertz CT molecular complexity index is 1030. The van der Waals surface area contributed by atoms with Crippen LogP contribution >= 0.6 is 11.9 Å². The fourth-order valence-electron chi connectivity index (χ4n) is 4.19. The van der Waals surface area contributed by atoms with Gasteiger partial charge in [0.2, 0.25) is 5.91 Å². The van der Waals surface area contributed by atoms with Crippen molar-refractivity contribution in [2.24, 2.45) is 5.92 Å². The van der Waals surface area contributed by atoms with Crippen LogP contribution in [0.25, 0.3) is 22.2 Å². The molecular weight excluding hydrogens is 408 g/mol. The molecule has 1 aromatic carbocycles. The smallest absolute Gasteiger partial charge is 0.219 e. The highest BCUT2D eigenvalue weighted by Crippen LogP contribution is 2.35. The summed E-state index contributed by atoms with van der Waals surface area (Å²) in [5, 5.41) is 1.03. The van der Waals surface area contributed by atoms with Crippen molar-refractivity contribution < 1.29 is 9.53 Å². The van der Waals surface area contributed by atoms with Crippen molar-refractivity contribution in [1.29, 1.82) is 0 Å². The second-order valence-electron chi connectivity index (χ2n) is 8.04. The lowest BCUT2D eigenvalue weighted by atomic mass is 9.97. The van der Waals surface area contributed by atoms with Gasteiger partial charge in [-0.25, -0.2) is 4.98 Å². The molecule has 0 spiro atoms. The number of likely N-dealkylation sites (tertiary alicyclic amines) is 1. The van der Waals surface area contributed by atoms with Crippen molar-refractivity contribution in [2.45, 2.75) is 26.2 Å². The Morgan fingerprint density at radius 1 is 1.32 bits per heavy atom. The predicted octanol–water partition coefficient (Wildman–Crippen LogP) is 4.28. The average Bonchev–Trinajstić information content (AvgIpc) is 3.23. The molecule has 0 bridgehead atoms. The number of fused-ring (bicyclic) bond motifs is 1. The normalized spacial score (nSPS) is 14.8. The zero-order valence-electron chi connectivity index (χ0n) is 18.2. The van der Waals surface area contributed by atoms with Crippen LogP contribution in [0.4, 0.5) is 0 Å². The Hall–Kier alpha value is -2.51. The van der Waals surface area contributed by atoms with E-state index < -0.39 is 0 Å². The van der Waals surface area contributed by atoms with E-state index in [1.165, 1.54) is 11.1 Å². The molecule has 0 aliphatic carbocycles. The highest BCUT2D eigenvalue weighted by atomic mass is 32.2. The van der Waals surface area contributed by atoms with E-state index in [4.69, 9.17) is 4.74 Å². The Labute approximate surface area is 187 Å². The van der Waals surface area contributed by atoms with Crippen LogP contribution in [0.3, 0.4) is 0 Å². The van der Waals surface area contributed by atoms with Crippen molar-refractivity contribution in [3.05, 3.63) is 48.3 Å². The SMILES string of the molecule is CSNCCc1cccc(-c2c[nH]c3nccc(OCC4CCN(C(C)=O)CC4)c23)c1. The fraction of sp³-hybridized carbons (Fsp3) is 0.417. The van der Waals surface area contributed by atoms with Crippen molar-refractivity contribution in [2.75, 3.05) is 32.5 Å². The number of pyridine rings is 1. The zero-order valence-corrected chi connectivity index (χ0v) is 19.0. The average molecular weight is 439 g/mol. The molecule has 0 atom stereocenters. The van der Waals surface area contributed by atoms with Crippen molar-refractivity contribution in [3.63, 3.8) is 0 Å². The first kappa shape index (κ1) is 21.7. The minimum absolute atomic E-state index is 0.165. The topological polar surface area (TPSA) is 70.2 Å². The fourth-order valence-corrected chi connectivity index (χ4v) is 4.49. The van der Waals surface area contributed by atoms with Crippen LogP contribution in [0.2, 0.25) is 0 Å². The van der Waals surface area contributed by atoms with Gasteiger partial charge in [0, 0.05) is 44.5 Å². The van der Waals surface area contributed by atoms with Crippen LogP contribution in [0.1, 0.15) is 25.3 Å². The molecular formula is C24H30N4O2S. The lowest BCUT2D eigenvalue weighted by Gasteiger charge is -2.31. The summed E-state index contributed by atoms with van der Waals surface area (Å²) in [4.78, 5) is 21.3. The van der Waals surface area contributed by atoms with Crippen LogP contribution in [-0.4, -0.2) is 53.3 Å². The van der Waals surface area contributed by atoms with E-state index in [-0.39, 0.29) is 5.91 Å². The maximum absolute atomic E-state index is 11.6. The Kier molecular flexibility index (Phi) is 7.14. The molecule has 1 aliphatic heterocycles. The van der Waals surface area contributed by atoms with E-state index >= 15 is 0 Å². The number of hydrogen-bond acceptors (Lipinski definition) is 5. The number of ether oxygens (including phenoxy) is 1. The molecule has 1 amide bonds. The number of H-pyrrole nitrogens is 1. The first-order valence-electron chi connectivity index (χ1n) is 10.8. The molecule has 4 rings (SSSR count). The number of nitrogens with one attached hydrogen (secondary N) is 2. The predicted molar refractivity (Wildman–Crippen MR) is 127 cm³/mol. The number of nitrogens with zero attached hydrogens (tertiary/aromatic N) is 2. The molecule has 0 unspecified atom stereocenters. The summed E-state index contributed by atoms with van der Waals surface area (Å²) < 4.78 is 9.61. The monoisotopic (exact) mass is 438 g/mol. The molecule has 1 saturated heterocycles. The lowest BCUT2D eigenvalue weighted by molar-refractivity contribution is -0.130. The van der Waals surface area contributed by atoms with E-state index in [1.54, 1.807) is 25.1 Å². The van der Waals surface area contributed by atoms with Gasteiger partial charge in [-0.05, 0) is 48.6 Å². The highest BCUT2D eigenvalue weighted by molar-refractivity contribution is 7.96. The molecule has 6 nitrogen and oxygen atoms in total. The molecule has 3 heterocycles. The molecule has 1 aliphatic rings.